The van der Waals surface area contributed by atoms with Gasteiger partial charge in [0.25, 0.3) is 0 Å². The molecule has 0 aromatic heterocycles. The van der Waals surface area contributed by atoms with Crippen molar-refractivity contribution in [2.24, 2.45) is 5.10 Å². The van der Waals surface area contributed by atoms with Crippen molar-refractivity contribution in [3.8, 4) is 0 Å². The third-order valence-corrected chi connectivity index (χ3v) is 1.21. The molecule has 1 heterocycles. The second kappa shape index (κ2) is 2.03. The van der Waals surface area contributed by atoms with Crippen LogP contribution in [0.3, 0.4) is 0 Å². The number of rotatable bonds is 1. The Morgan fingerprint density at radius 1 is 1.75 bits per heavy atom. The minimum absolute atomic E-state index is 0.564. The first-order valence-corrected chi connectivity index (χ1v) is 2.82. The average Bonchev–Trinajstić information content (AvgIpc) is 2.12. The molecule has 1 N–H and O–H groups in total. The van der Waals surface area contributed by atoms with Crippen LogP contribution in [-0.2, 0) is 0 Å². The average molecular weight is 113 g/mol. The third kappa shape index (κ3) is 0.911. The van der Waals surface area contributed by atoms with E-state index in [1.165, 1.54) is 0 Å². The van der Waals surface area contributed by atoms with E-state index in [0.29, 0.717) is 6.04 Å². The predicted molar refractivity (Wildman–Crippen MR) is 33.5 cm³/mol. The fraction of sp³-hybridized carbons (Fsp3) is 0.800. The second-order valence-electron chi connectivity index (χ2n) is 2.17. The van der Waals surface area contributed by atoms with Crippen molar-refractivity contribution in [2.45, 2.75) is 19.9 Å². The summed E-state index contributed by atoms with van der Waals surface area (Å²) < 4.78 is 0. The summed E-state index contributed by atoms with van der Waals surface area (Å²) in [5, 5.41) is 3.84. The van der Waals surface area contributed by atoms with Gasteiger partial charge >= 0.3 is 0 Å². The van der Waals surface area contributed by atoms with Crippen LogP contribution in [0.4, 0.5) is 0 Å². The maximum Gasteiger partial charge on any atom is 0.113 e. The van der Waals surface area contributed by atoms with Gasteiger partial charge in [-0.2, -0.15) is 5.10 Å². The standard InChI is InChI=1S/C5H11N3/c1-5(2)8-3-6-7-4-8/h3,5,7H,4H2,1-2H3. The lowest BCUT2D eigenvalue weighted by Gasteiger charge is -2.16. The summed E-state index contributed by atoms with van der Waals surface area (Å²) in [6.07, 6.45) is 1.82. The van der Waals surface area contributed by atoms with Crippen LogP contribution in [0.1, 0.15) is 13.8 Å². The van der Waals surface area contributed by atoms with E-state index in [-0.39, 0.29) is 0 Å². The molecule has 0 amide bonds. The van der Waals surface area contributed by atoms with E-state index in [4.69, 9.17) is 0 Å². The normalized spacial score (nSPS) is 17.6. The Hall–Kier alpha value is -0.730. The van der Waals surface area contributed by atoms with Crippen molar-refractivity contribution in [1.82, 2.24) is 10.3 Å². The van der Waals surface area contributed by atoms with Gasteiger partial charge in [-0.25, -0.2) is 0 Å². The van der Waals surface area contributed by atoms with Crippen molar-refractivity contribution in [1.29, 1.82) is 0 Å². The van der Waals surface area contributed by atoms with Gasteiger partial charge in [0, 0.05) is 6.04 Å². The molecule has 8 heavy (non-hydrogen) atoms. The fourth-order valence-corrected chi connectivity index (χ4v) is 0.594. The van der Waals surface area contributed by atoms with Gasteiger partial charge in [0.2, 0.25) is 0 Å². The molecule has 3 nitrogen and oxygen atoms in total. The minimum Gasteiger partial charge on any atom is -0.340 e. The van der Waals surface area contributed by atoms with Gasteiger partial charge in [-0.05, 0) is 13.8 Å². The summed E-state index contributed by atoms with van der Waals surface area (Å²) in [6.45, 7) is 5.13. The Morgan fingerprint density at radius 2 is 2.50 bits per heavy atom. The van der Waals surface area contributed by atoms with Gasteiger partial charge in [-0.15, -0.1) is 0 Å². The number of nitrogens with zero attached hydrogens (tertiary/aromatic N) is 2. The van der Waals surface area contributed by atoms with Crippen LogP contribution in [0, 0.1) is 0 Å². The Morgan fingerprint density at radius 3 is 2.75 bits per heavy atom. The van der Waals surface area contributed by atoms with E-state index < -0.39 is 0 Å². The molecule has 1 aliphatic heterocycles. The summed E-state index contributed by atoms with van der Waals surface area (Å²) in [7, 11) is 0. The van der Waals surface area contributed by atoms with Crippen molar-refractivity contribution in [2.75, 3.05) is 6.67 Å². The molecule has 1 aliphatic rings. The van der Waals surface area contributed by atoms with Crippen LogP contribution < -0.4 is 5.43 Å². The quantitative estimate of drug-likeness (QED) is 0.526. The molecular formula is C5H11N3. The van der Waals surface area contributed by atoms with Crippen LogP contribution in [-0.4, -0.2) is 23.9 Å². The first kappa shape index (κ1) is 5.41. The zero-order chi connectivity index (χ0) is 5.98. The molecule has 0 fully saturated rings. The van der Waals surface area contributed by atoms with Gasteiger partial charge in [0.15, 0.2) is 0 Å². The van der Waals surface area contributed by atoms with Gasteiger partial charge < -0.3 is 4.90 Å². The third-order valence-electron chi connectivity index (χ3n) is 1.21. The molecular weight excluding hydrogens is 102 g/mol. The van der Waals surface area contributed by atoms with Gasteiger partial charge in [0.05, 0.1) is 0 Å². The van der Waals surface area contributed by atoms with E-state index in [2.05, 4.69) is 29.3 Å². The number of hydrazone groups is 1. The Kier molecular flexibility index (Phi) is 1.37. The molecule has 0 aromatic rings. The maximum atomic E-state index is 3.84. The molecule has 1 rings (SSSR count). The van der Waals surface area contributed by atoms with E-state index in [1.807, 2.05) is 6.34 Å². The molecule has 0 bridgehead atoms. The highest BCUT2D eigenvalue weighted by Crippen LogP contribution is 1.94. The summed E-state index contributed by atoms with van der Waals surface area (Å²) in [4.78, 5) is 2.12. The van der Waals surface area contributed by atoms with Crippen LogP contribution in [0.5, 0.6) is 0 Å². The van der Waals surface area contributed by atoms with Gasteiger partial charge in [-0.3, -0.25) is 5.43 Å². The largest absolute Gasteiger partial charge is 0.340 e. The molecule has 3 heteroatoms. The molecule has 0 spiro atoms. The first-order valence-electron chi connectivity index (χ1n) is 2.82. The highest BCUT2D eigenvalue weighted by atomic mass is 15.5. The topological polar surface area (TPSA) is 27.6 Å². The van der Waals surface area contributed by atoms with Gasteiger partial charge in [-0.1, -0.05) is 0 Å². The van der Waals surface area contributed by atoms with E-state index in [0.717, 1.165) is 6.67 Å². The first-order chi connectivity index (χ1) is 3.80. The summed E-state index contributed by atoms with van der Waals surface area (Å²) in [5.74, 6) is 0. The van der Waals surface area contributed by atoms with E-state index in [1.54, 1.807) is 0 Å². The van der Waals surface area contributed by atoms with Crippen LogP contribution >= 0.6 is 0 Å². The summed E-state index contributed by atoms with van der Waals surface area (Å²) >= 11 is 0. The van der Waals surface area contributed by atoms with Crippen molar-refractivity contribution < 1.29 is 0 Å². The Labute approximate surface area is 49.4 Å². The molecule has 0 unspecified atom stereocenters. The van der Waals surface area contributed by atoms with Crippen molar-refractivity contribution in [3.05, 3.63) is 0 Å². The van der Waals surface area contributed by atoms with Gasteiger partial charge in [0.1, 0.15) is 13.0 Å². The lowest BCUT2D eigenvalue weighted by molar-refractivity contribution is 0.364. The number of nitrogens with one attached hydrogen (secondary N) is 1. The molecule has 0 radical (unpaired) electrons. The maximum absolute atomic E-state index is 3.84. The van der Waals surface area contributed by atoms with Crippen LogP contribution in [0.2, 0.25) is 0 Å². The van der Waals surface area contributed by atoms with E-state index in [9.17, 15) is 0 Å². The monoisotopic (exact) mass is 113 g/mol. The lowest BCUT2D eigenvalue weighted by atomic mass is 10.4. The minimum atomic E-state index is 0.564. The zero-order valence-electron chi connectivity index (χ0n) is 5.26. The van der Waals surface area contributed by atoms with Crippen molar-refractivity contribution >= 4 is 6.34 Å². The number of hydrogen-bond donors (Lipinski definition) is 1. The molecule has 0 atom stereocenters. The SMILES string of the molecule is CC(C)N1C=NNC1. The van der Waals surface area contributed by atoms with Crippen LogP contribution in [0.15, 0.2) is 5.10 Å². The highest BCUT2D eigenvalue weighted by Gasteiger charge is 2.06. The Bertz CT molecular complexity index is 97.8. The van der Waals surface area contributed by atoms with E-state index >= 15 is 0 Å². The smallest absolute Gasteiger partial charge is 0.113 e. The van der Waals surface area contributed by atoms with Crippen LogP contribution in [0.25, 0.3) is 0 Å². The predicted octanol–water partition coefficient (Wildman–Crippen LogP) is 0.201. The zero-order valence-corrected chi connectivity index (χ0v) is 5.26. The van der Waals surface area contributed by atoms with Crippen molar-refractivity contribution in [3.63, 3.8) is 0 Å². The number of hydrogen-bond acceptors (Lipinski definition) is 3. The molecule has 0 saturated heterocycles. The summed E-state index contributed by atoms with van der Waals surface area (Å²) in [6, 6.07) is 0.564. The second-order valence-corrected chi connectivity index (χ2v) is 2.17. The summed E-state index contributed by atoms with van der Waals surface area (Å²) in [5.41, 5.74) is 2.85. The fourth-order valence-electron chi connectivity index (χ4n) is 0.594. The Balaban J connectivity index is 2.36. The highest BCUT2D eigenvalue weighted by molar-refractivity contribution is 5.56. The molecule has 46 valence electrons. The molecule has 0 saturated carbocycles. The molecule has 0 aromatic carbocycles. The molecule has 0 aliphatic carbocycles. The lowest BCUT2D eigenvalue weighted by Crippen LogP contribution is -2.29.